The summed E-state index contributed by atoms with van der Waals surface area (Å²) in [4.78, 5) is 25.5. The van der Waals surface area contributed by atoms with Crippen molar-refractivity contribution in [1.82, 2.24) is 4.98 Å². The third kappa shape index (κ3) is 3.24. The molecule has 0 aromatic carbocycles. The van der Waals surface area contributed by atoms with Crippen LogP contribution < -0.4 is 5.32 Å². The van der Waals surface area contributed by atoms with E-state index in [1.165, 1.54) is 6.07 Å². The molecule has 0 atom stereocenters. The first-order valence-corrected chi connectivity index (χ1v) is 4.93. The van der Waals surface area contributed by atoms with Crippen molar-refractivity contribution in [2.24, 2.45) is 5.41 Å². The van der Waals surface area contributed by atoms with E-state index < -0.39 is 22.9 Å². The number of nitrogens with zero attached hydrogens (tertiary/aromatic N) is 1. The van der Waals surface area contributed by atoms with Crippen LogP contribution in [0.3, 0.4) is 0 Å². The Labute approximate surface area is 97.7 Å². The summed E-state index contributed by atoms with van der Waals surface area (Å²) >= 11 is 0. The minimum atomic E-state index is -1.40. The average molecular weight is 240 g/mol. The molecule has 6 heteroatoms. The Kier molecular flexibility index (Phi) is 3.45. The van der Waals surface area contributed by atoms with Crippen LogP contribution in [0.2, 0.25) is 0 Å². The molecule has 92 valence electrons. The lowest BCUT2D eigenvalue weighted by Crippen LogP contribution is -2.28. The fourth-order valence-corrected chi connectivity index (χ4v) is 0.967. The minimum absolute atomic E-state index is 0.00701. The van der Waals surface area contributed by atoms with E-state index in [9.17, 15) is 14.0 Å². The quantitative estimate of drug-likeness (QED) is 0.774. The van der Waals surface area contributed by atoms with Gasteiger partial charge < -0.3 is 10.4 Å². The van der Waals surface area contributed by atoms with E-state index in [0.717, 1.165) is 6.07 Å². The molecule has 0 radical (unpaired) electrons. The third-order valence-electron chi connectivity index (χ3n) is 2.00. The molecule has 0 aliphatic rings. The molecule has 1 rings (SSSR count). The van der Waals surface area contributed by atoms with Crippen molar-refractivity contribution in [3.63, 3.8) is 0 Å². The molecule has 1 aromatic rings. The molecule has 1 heterocycles. The van der Waals surface area contributed by atoms with Crippen molar-refractivity contribution in [1.29, 1.82) is 0 Å². The predicted molar refractivity (Wildman–Crippen MR) is 59.2 cm³/mol. The summed E-state index contributed by atoms with van der Waals surface area (Å²) in [5.41, 5.74) is -1.16. The van der Waals surface area contributed by atoms with E-state index in [0.29, 0.717) is 0 Å². The van der Waals surface area contributed by atoms with Crippen LogP contribution in [0.1, 0.15) is 31.1 Å². The van der Waals surface area contributed by atoms with E-state index in [1.54, 1.807) is 20.8 Å². The summed E-state index contributed by atoms with van der Waals surface area (Å²) in [6.45, 7) is 5.10. The number of hydrogen-bond donors (Lipinski definition) is 2. The number of anilines is 1. The third-order valence-corrected chi connectivity index (χ3v) is 2.00. The number of carboxylic acids is 1. The number of hydrogen-bond acceptors (Lipinski definition) is 3. The summed E-state index contributed by atoms with van der Waals surface area (Å²) in [6, 6.07) is 2.30. The first kappa shape index (κ1) is 13.1. The first-order valence-electron chi connectivity index (χ1n) is 4.93. The number of carbonyl (C=O) groups is 2. The van der Waals surface area contributed by atoms with Gasteiger partial charge in [0.05, 0.1) is 0 Å². The lowest BCUT2D eigenvalue weighted by atomic mass is 9.96. The molecule has 1 aromatic heterocycles. The van der Waals surface area contributed by atoms with Gasteiger partial charge in [0.2, 0.25) is 11.9 Å². The molecule has 0 aliphatic carbocycles. The summed E-state index contributed by atoms with van der Waals surface area (Å²) < 4.78 is 13.2. The zero-order chi connectivity index (χ0) is 13.2. The number of amides is 1. The molecular formula is C11H13FN2O3. The zero-order valence-corrected chi connectivity index (χ0v) is 9.74. The number of nitrogens with one attached hydrogen (secondary N) is 1. The summed E-state index contributed by atoms with van der Waals surface area (Å²) in [5.74, 6) is -2.85. The highest BCUT2D eigenvalue weighted by Gasteiger charge is 2.22. The van der Waals surface area contributed by atoms with Crippen molar-refractivity contribution in [2.75, 3.05) is 5.32 Å². The number of carboxylic acid groups (broad SMARTS) is 1. The smallest absolute Gasteiger partial charge is 0.340 e. The van der Waals surface area contributed by atoms with Crippen molar-refractivity contribution in [2.45, 2.75) is 20.8 Å². The van der Waals surface area contributed by atoms with Gasteiger partial charge in [-0.25, -0.2) is 9.78 Å². The van der Waals surface area contributed by atoms with Crippen LogP contribution in [0.25, 0.3) is 0 Å². The molecule has 0 saturated heterocycles. The van der Waals surface area contributed by atoms with Gasteiger partial charge in [-0.15, -0.1) is 0 Å². The van der Waals surface area contributed by atoms with Crippen LogP contribution in [0.5, 0.6) is 0 Å². The number of rotatable bonds is 2. The number of aromatic carboxylic acids is 1. The maximum atomic E-state index is 13.2. The zero-order valence-electron chi connectivity index (χ0n) is 9.74. The van der Waals surface area contributed by atoms with Crippen molar-refractivity contribution in [3.8, 4) is 0 Å². The minimum Gasteiger partial charge on any atom is -0.478 e. The second kappa shape index (κ2) is 4.48. The standard InChI is InChI=1S/C11H13FN2O3/c1-11(2,3)10(17)14-7-5-4-6(9(15)16)8(12)13-7/h4-5H,1-3H3,(H,15,16)(H,13,14,17). The van der Waals surface area contributed by atoms with E-state index in [-0.39, 0.29) is 11.7 Å². The Hall–Kier alpha value is -1.98. The van der Waals surface area contributed by atoms with Crippen molar-refractivity contribution < 1.29 is 19.1 Å². The fraction of sp³-hybridized carbons (Fsp3) is 0.364. The number of aromatic nitrogens is 1. The van der Waals surface area contributed by atoms with Crippen molar-refractivity contribution >= 4 is 17.7 Å². The second-order valence-electron chi connectivity index (χ2n) is 4.54. The van der Waals surface area contributed by atoms with E-state index in [2.05, 4.69) is 10.3 Å². The summed E-state index contributed by atoms with van der Waals surface area (Å²) in [7, 11) is 0. The predicted octanol–water partition coefficient (Wildman–Crippen LogP) is 1.90. The molecule has 1 amide bonds. The van der Waals surface area contributed by atoms with Crippen LogP contribution in [-0.2, 0) is 4.79 Å². The highest BCUT2D eigenvalue weighted by molar-refractivity contribution is 5.94. The van der Waals surface area contributed by atoms with Gasteiger partial charge in [0.15, 0.2) is 0 Å². The van der Waals surface area contributed by atoms with Crippen LogP contribution in [0.4, 0.5) is 10.2 Å². The lowest BCUT2D eigenvalue weighted by Gasteiger charge is -2.17. The van der Waals surface area contributed by atoms with Crippen molar-refractivity contribution in [3.05, 3.63) is 23.6 Å². The molecule has 0 saturated carbocycles. The molecule has 17 heavy (non-hydrogen) atoms. The lowest BCUT2D eigenvalue weighted by molar-refractivity contribution is -0.123. The van der Waals surface area contributed by atoms with Gasteiger partial charge in [-0.1, -0.05) is 20.8 Å². The molecule has 0 aliphatic heterocycles. The Morgan fingerprint density at radius 2 is 1.94 bits per heavy atom. The topological polar surface area (TPSA) is 79.3 Å². The Bertz CT molecular complexity index is 466. The van der Waals surface area contributed by atoms with E-state index in [1.807, 2.05) is 0 Å². The summed E-state index contributed by atoms with van der Waals surface area (Å²) in [6.07, 6.45) is 0. The first-order chi connectivity index (χ1) is 7.71. The highest BCUT2D eigenvalue weighted by atomic mass is 19.1. The van der Waals surface area contributed by atoms with Gasteiger partial charge in [0.1, 0.15) is 11.4 Å². The number of halogens is 1. The molecular weight excluding hydrogens is 227 g/mol. The van der Waals surface area contributed by atoms with Gasteiger partial charge in [0.25, 0.3) is 0 Å². The highest BCUT2D eigenvalue weighted by Crippen LogP contribution is 2.17. The van der Waals surface area contributed by atoms with Gasteiger partial charge in [0, 0.05) is 5.41 Å². The second-order valence-corrected chi connectivity index (χ2v) is 4.54. The maximum Gasteiger partial charge on any atom is 0.340 e. The molecule has 0 spiro atoms. The number of pyridine rings is 1. The molecule has 0 fully saturated rings. The van der Waals surface area contributed by atoms with E-state index in [4.69, 9.17) is 5.11 Å². The van der Waals surface area contributed by atoms with Gasteiger partial charge in [-0.05, 0) is 12.1 Å². The Morgan fingerprint density at radius 3 is 2.35 bits per heavy atom. The fourth-order valence-electron chi connectivity index (χ4n) is 0.967. The SMILES string of the molecule is CC(C)(C)C(=O)Nc1ccc(C(=O)O)c(F)n1. The number of carbonyl (C=O) groups excluding carboxylic acids is 1. The van der Waals surface area contributed by atoms with Gasteiger partial charge in [-0.2, -0.15) is 4.39 Å². The van der Waals surface area contributed by atoms with Crippen LogP contribution >= 0.6 is 0 Å². The maximum absolute atomic E-state index is 13.2. The van der Waals surface area contributed by atoms with E-state index >= 15 is 0 Å². The Morgan fingerprint density at radius 1 is 1.35 bits per heavy atom. The van der Waals surface area contributed by atoms with Gasteiger partial charge >= 0.3 is 5.97 Å². The molecule has 0 bridgehead atoms. The molecule has 2 N–H and O–H groups in total. The molecule has 5 nitrogen and oxygen atoms in total. The van der Waals surface area contributed by atoms with Gasteiger partial charge in [-0.3, -0.25) is 4.79 Å². The largest absolute Gasteiger partial charge is 0.478 e. The summed E-state index contributed by atoms with van der Waals surface area (Å²) in [5, 5.41) is 11.0. The van der Waals surface area contributed by atoms with Crippen LogP contribution in [0, 0.1) is 11.4 Å². The molecule has 0 unspecified atom stereocenters. The normalized spacial score (nSPS) is 11.1. The van der Waals surface area contributed by atoms with Crippen LogP contribution in [-0.4, -0.2) is 22.0 Å². The monoisotopic (exact) mass is 240 g/mol. The average Bonchev–Trinajstić information content (AvgIpc) is 2.15. The Balaban J connectivity index is 2.92. The van der Waals surface area contributed by atoms with Crippen LogP contribution in [0.15, 0.2) is 12.1 Å².